The maximum atomic E-state index is 12.8. The summed E-state index contributed by atoms with van der Waals surface area (Å²) >= 11 is 4.71. The molecule has 0 bridgehead atoms. The van der Waals surface area contributed by atoms with Crippen molar-refractivity contribution in [1.29, 1.82) is 0 Å². The Balaban J connectivity index is 3.13. The van der Waals surface area contributed by atoms with Gasteiger partial charge in [-0.3, -0.25) is 0 Å². The number of unbranched alkanes of at least 4 members (excludes halogenated alkanes) is 1. The highest BCUT2D eigenvalue weighted by Gasteiger charge is 2.34. The van der Waals surface area contributed by atoms with Crippen LogP contribution in [0.1, 0.15) is 30.9 Å². The van der Waals surface area contributed by atoms with Gasteiger partial charge in [0.2, 0.25) is 0 Å². The van der Waals surface area contributed by atoms with Gasteiger partial charge < -0.3 is 10.6 Å². The fraction of sp³-hybridized carbons (Fsp3) is 0.462. The van der Waals surface area contributed by atoms with Crippen molar-refractivity contribution in [2.24, 2.45) is 5.73 Å². The molecule has 0 heterocycles. The molecule has 0 aliphatic carbocycles. The molecule has 0 radical (unpaired) electrons. The minimum atomic E-state index is -4.45. The molecular formula is C13H17F3N2S. The Labute approximate surface area is 116 Å². The van der Waals surface area contributed by atoms with Crippen LogP contribution in [-0.2, 0) is 6.18 Å². The summed E-state index contributed by atoms with van der Waals surface area (Å²) in [5, 5.41) is 0. The molecule has 1 aromatic carbocycles. The van der Waals surface area contributed by atoms with Gasteiger partial charge >= 0.3 is 6.18 Å². The van der Waals surface area contributed by atoms with Gasteiger partial charge in [-0.1, -0.05) is 25.6 Å². The highest BCUT2D eigenvalue weighted by molar-refractivity contribution is 7.80. The smallest absolute Gasteiger partial charge is 0.389 e. The predicted octanol–water partition coefficient (Wildman–Crippen LogP) is 3.58. The molecule has 0 aliphatic rings. The molecular weight excluding hydrogens is 273 g/mol. The van der Waals surface area contributed by atoms with E-state index in [9.17, 15) is 13.2 Å². The Morgan fingerprint density at radius 3 is 2.47 bits per heavy atom. The molecule has 0 atom stereocenters. The Morgan fingerprint density at radius 2 is 2.00 bits per heavy atom. The molecule has 6 heteroatoms. The molecule has 2 N–H and O–H groups in total. The zero-order valence-corrected chi connectivity index (χ0v) is 11.7. The van der Waals surface area contributed by atoms with Gasteiger partial charge in [0.05, 0.1) is 5.56 Å². The first-order valence-electron chi connectivity index (χ1n) is 5.99. The molecule has 106 valence electrons. The van der Waals surface area contributed by atoms with Crippen LogP contribution in [0.25, 0.3) is 0 Å². The lowest BCUT2D eigenvalue weighted by Gasteiger charge is -2.21. The third-order valence-electron chi connectivity index (χ3n) is 2.86. The van der Waals surface area contributed by atoms with Gasteiger partial charge in [-0.25, -0.2) is 0 Å². The van der Waals surface area contributed by atoms with Crippen molar-refractivity contribution in [3.63, 3.8) is 0 Å². The van der Waals surface area contributed by atoms with Gasteiger partial charge in [0.25, 0.3) is 0 Å². The van der Waals surface area contributed by atoms with Crippen molar-refractivity contribution in [1.82, 2.24) is 0 Å². The fourth-order valence-electron chi connectivity index (χ4n) is 1.75. The normalized spacial score (nSPS) is 11.4. The second kappa shape index (κ2) is 6.23. The average molecular weight is 290 g/mol. The SMILES string of the molecule is CCCCN(C)c1ccc(C(F)(F)F)c(C(N)=S)c1. The van der Waals surface area contributed by atoms with Crippen molar-refractivity contribution >= 4 is 22.9 Å². The molecule has 2 nitrogen and oxygen atoms in total. The van der Waals surface area contributed by atoms with Gasteiger partial charge in [-0.2, -0.15) is 13.2 Å². The number of hydrogen-bond acceptors (Lipinski definition) is 2. The van der Waals surface area contributed by atoms with E-state index in [4.69, 9.17) is 18.0 Å². The molecule has 0 spiro atoms. The summed E-state index contributed by atoms with van der Waals surface area (Å²) in [6.07, 6.45) is -2.45. The van der Waals surface area contributed by atoms with E-state index in [0.29, 0.717) is 5.69 Å². The summed E-state index contributed by atoms with van der Waals surface area (Å²) in [7, 11) is 1.83. The topological polar surface area (TPSA) is 29.3 Å². The second-order valence-electron chi connectivity index (χ2n) is 4.37. The number of thiocarbonyl (C=S) groups is 1. The van der Waals surface area contributed by atoms with E-state index in [1.165, 1.54) is 12.1 Å². The van der Waals surface area contributed by atoms with Crippen LogP contribution in [0.4, 0.5) is 18.9 Å². The third kappa shape index (κ3) is 4.09. The number of nitrogens with two attached hydrogens (primary N) is 1. The summed E-state index contributed by atoms with van der Waals surface area (Å²) in [6.45, 7) is 2.83. The van der Waals surface area contributed by atoms with E-state index in [2.05, 4.69) is 6.92 Å². The van der Waals surface area contributed by atoms with E-state index in [1.54, 1.807) is 0 Å². The molecule has 0 aromatic heterocycles. The Kier molecular flexibility index (Phi) is 5.17. The van der Waals surface area contributed by atoms with E-state index in [-0.39, 0.29) is 10.6 Å². The van der Waals surface area contributed by atoms with Crippen LogP contribution in [-0.4, -0.2) is 18.6 Å². The zero-order valence-electron chi connectivity index (χ0n) is 10.9. The van der Waals surface area contributed by atoms with Crippen molar-refractivity contribution in [3.05, 3.63) is 29.3 Å². The molecule has 1 rings (SSSR count). The third-order valence-corrected chi connectivity index (χ3v) is 3.08. The highest BCUT2D eigenvalue weighted by atomic mass is 32.1. The maximum Gasteiger partial charge on any atom is 0.417 e. The monoisotopic (exact) mass is 290 g/mol. The molecule has 0 amide bonds. The van der Waals surface area contributed by atoms with Gasteiger partial charge in [-0.15, -0.1) is 0 Å². The summed E-state index contributed by atoms with van der Waals surface area (Å²) in [4.78, 5) is 1.66. The van der Waals surface area contributed by atoms with E-state index < -0.39 is 11.7 Å². The second-order valence-corrected chi connectivity index (χ2v) is 4.81. The van der Waals surface area contributed by atoms with Gasteiger partial charge in [0.1, 0.15) is 4.99 Å². The van der Waals surface area contributed by atoms with E-state index in [1.807, 2.05) is 11.9 Å². The van der Waals surface area contributed by atoms with Crippen LogP contribution < -0.4 is 10.6 Å². The summed E-state index contributed by atoms with van der Waals surface area (Å²) < 4.78 is 38.4. The number of hydrogen-bond donors (Lipinski definition) is 1. The van der Waals surface area contributed by atoms with Crippen molar-refractivity contribution in [3.8, 4) is 0 Å². The lowest BCUT2D eigenvalue weighted by Crippen LogP contribution is -2.22. The van der Waals surface area contributed by atoms with Crippen molar-refractivity contribution in [2.45, 2.75) is 25.9 Å². The van der Waals surface area contributed by atoms with Gasteiger partial charge in [0.15, 0.2) is 0 Å². The first kappa shape index (κ1) is 15.8. The Morgan fingerprint density at radius 1 is 1.37 bits per heavy atom. The fourth-order valence-corrected chi connectivity index (χ4v) is 1.91. The molecule has 0 saturated carbocycles. The molecule has 0 unspecified atom stereocenters. The summed E-state index contributed by atoms with van der Waals surface area (Å²) in [5.74, 6) is 0. The minimum absolute atomic E-state index is 0.122. The first-order valence-corrected chi connectivity index (χ1v) is 6.40. The largest absolute Gasteiger partial charge is 0.417 e. The molecule has 1 aromatic rings. The van der Waals surface area contributed by atoms with Crippen molar-refractivity contribution < 1.29 is 13.2 Å². The van der Waals surface area contributed by atoms with Crippen LogP contribution in [0.3, 0.4) is 0 Å². The molecule has 0 fully saturated rings. The number of rotatable bonds is 5. The van der Waals surface area contributed by atoms with Gasteiger partial charge in [-0.05, 0) is 24.6 Å². The van der Waals surface area contributed by atoms with Crippen LogP contribution in [0.15, 0.2) is 18.2 Å². The Hall–Kier alpha value is -1.30. The van der Waals surface area contributed by atoms with Crippen LogP contribution in [0.5, 0.6) is 0 Å². The van der Waals surface area contributed by atoms with Crippen LogP contribution in [0, 0.1) is 0 Å². The summed E-state index contributed by atoms with van der Waals surface area (Å²) in [5.41, 5.74) is 5.17. The lowest BCUT2D eigenvalue weighted by atomic mass is 10.1. The number of nitrogens with zero attached hydrogens (tertiary/aromatic N) is 1. The van der Waals surface area contributed by atoms with E-state index in [0.717, 1.165) is 25.5 Å². The highest BCUT2D eigenvalue weighted by Crippen LogP contribution is 2.33. The average Bonchev–Trinajstić information content (AvgIpc) is 2.34. The van der Waals surface area contributed by atoms with Crippen molar-refractivity contribution in [2.75, 3.05) is 18.5 Å². The van der Waals surface area contributed by atoms with Crippen LogP contribution >= 0.6 is 12.2 Å². The molecule has 0 saturated heterocycles. The molecule has 19 heavy (non-hydrogen) atoms. The lowest BCUT2D eigenvalue weighted by molar-refractivity contribution is -0.137. The number of halogens is 3. The van der Waals surface area contributed by atoms with E-state index >= 15 is 0 Å². The summed E-state index contributed by atoms with van der Waals surface area (Å²) in [6, 6.07) is 3.88. The molecule has 0 aliphatic heterocycles. The number of anilines is 1. The number of alkyl halides is 3. The van der Waals surface area contributed by atoms with Crippen LogP contribution in [0.2, 0.25) is 0 Å². The minimum Gasteiger partial charge on any atom is -0.389 e. The quantitative estimate of drug-likeness (QED) is 0.841. The number of benzene rings is 1. The predicted molar refractivity (Wildman–Crippen MR) is 75.5 cm³/mol. The zero-order chi connectivity index (χ0) is 14.6. The maximum absolute atomic E-state index is 12.8. The standard InChI is InChI=1S/C13H17F3N2S/c1-3-4-7-18(2)9-5-6-11(13(14,15)16)10(8-9)12(17)19/h5-6,8H,3-4,7H2,1-2H3,(H2,17,19). The van der Waals surface area contributed by atoms with Gasteiger partial charge in [0, 0.05) is 24.8 Å². The first-order chi connectivity index (χ1) is 8.77. The Bertz CT molecular complexity index is 458.